The highest BCUT2D eigenvalue weighted by molar-refractivity contribution is 6.30. The minimum atomic E-state index is -0.451. The van der Waals surface area contributed by atoms with Crippen LogP contribution in [0.2, 0.25) is 5.02 Å². The molecule has 32 heavy (non-hydrogen) atoms. The van der Waals surface area contributed by atoms with Gasteiger partial charge in [-0.25, -0.2) is 24.3 Å². The predicted molar refractivity (Wildman–Crippen MR) is 122 cm³/mol. The lowest BCUT2D eigenvalue weighted by Gasteiger charge is -2.12. The molecule has 162 valence electrons. The maximum Gasteiger partial charge on any atom is 0.225 e. The lowest BCUT2D eigenvalue weighted by Crippen LogP contribution is -2.14. The number of fused-ring (bicyclic) bond motifs is 1. The number of rotatable bonds is 7. The molecule has 1 aromatic carbocycles. The predicted octanol–water partition coefficient (Wildman–Crippen LogP) is 4.30. The number of nitrogens with one attached hydrogen (secondary N) is 2. The van der Waals surface area contributed by atoms with Gasteiger partial charge in [-0.15, -0.1) is 0 Å². The second kappa shape index (κ2) is 9.63. The molecule has 0 bridgehead atoms. The van der Waals surface area contributed by atoms with Crippen LogP contribution in [0.25, 0.3) is 22.3 Å². The molecule has 0 saturated heterocycles. The van der Waals surface area contributed by atoms with Gasteiger partial charge in [0.05, 0.1) is 11.4 Å². The number of aromatic nitrogens is 4. The summed E-state index contributed by atoms with van der Waals surface area (Å²) in [6, 6.07) is 11.2. The second-order valence-corrected chi connectivity index (χ2v) is 7.34. The molecule has 8 nitrogen and oxygen atoms in total. The third kappa shape index (κ3) is 4.96. The van der Waals surface area contributed by atoms with Crippen molar-refractivity contribution in [1.29, 1.82) is 0 Å². The van der Waals surface area contributed by atoms with E-state index >= 15 is 0 Å². The van der Waals surface area contributed by atoms with E-state index in [0.29, 0.717) is 58.5 Å². The Morgan fingerprint density at radius 2 is 1.94 bits per heavy atom. The summed E-state index contributed by atoms with van der Waals surface area (Å²) < 4.78 is 14.5. The number of carbonyl (C=O) groups excluding carboxylic acids is 1. The summed E-state index contributed by atoms with van der Waals surface area (Å²) in [5, 5.41) is 7.01. The van der Waals surface area contributed by atoms with E-state index < -0.39 is 5.82 Å². The Morgan fingerprint density at radius 3 is 2.78 bits per heavy atom. The van der Waals surface area contributed by atoms with Crippen molar-refractivity contribution in [2.75, 3.05) is 17.2 Å². The number of halogens is 2. The minimum absolute atomic E-state index is 0.183. The fourth-order valence-corrected chi connectivity index (χ4v) is 3.26. The average Bonchev–Trinajstić information content (AvgIpc) is 2.79. The standard InChI is InChI=1S/C22H19ClFN7O/c23-13-5-6-16(24)15(9-13)18-10-17(14-3-2-8-26-22(14)30-18)29-19-11-20(28-12-27-19)31-21(32)4-1-7-25/h2-3,5-6,8-12H,1,4,7,25H2,(H2,26,27,28,29,30,31,32). The van der Waals surface area contributed by atoms with Crippen molar-refractivity contribution in [3.63, 3.8) is 0 Å². The molecule has 4 rings (SSSR count). The van der Waals surface area contributed by atoms with E-state index in [9.17, 15) is 9.18 Å². The van der Waals surface area contributed by atoms with Crippen LogP contribution >= 0.6 is 11.6 Å². The topological polar surface area (TPSA) is 119 Å². The molecule has 0 aliphatic rings. The van der Waals surface area contributed by atoms with Crippen molar-refractivity contribution >= 4 is 45.9 Å². The Morgan fingerprint density at radius 1 is 1.09 bits per heavy atom. The molecule has 3 aromatic heterocycles. The van der Waals surface area contributed by atoms with Crippen molar-refractivity contribution in [3.8, 4) is 11.3 Å². The molecule has 4 N–H and O–H groups in total. The normalized spacial score (nSPS) is 10.8. The molecule has 0 aliphatic carbocycles. The van der Waals surface area contributed by atoms with Crippen molar-refractivity contribution in [2.24, 2.45) is 5.73 Å². The molecule has 4 aromatic rings. The summed E-state index contributed by atoms with van der Waals surface area (Å²) in [5.74, 6) is 0.148. The van der Waals surface area contributed by atoms with Gasteiger partial charge in [-0.2, -0.15) is 0 Å². The second-order valence-electron chi connectivity index (χ2n) is 6.91. The molecule has 0 spiro atoms. The van der Waals surface area contributed by atoms with Gasteiger partial charge in [0.2, 0.25) is 5.91 Å². The van der Waals surface area contributed by atoms with Crippen LogP contribution in [-0.2, 0) is 4.79 Å². The zero-order chi connectivity index (χ0) is 22.5. The zero-order valence-electron chi connectivity index (χ0n) is 16.8. The van der Waals surface area contributed by atoms with Crippen LogP contribution in [0.5, 0.6) is 0 Å². The van der Waals surface area contributed by atoms with Crippen LogP contribution in [-0.4, -0.2) is 32.4 Å². The van der Waals surface area contributed by atoms with Gasteiger partial charge in [-0.3, -0.25) is 4.79 Å². The highest BCUT2D eigenvalue weighted by atomic mass is 35.5. The van der Waals surface area contributed by atoms with Crippen LogP contribution in [0.3, 0.4) is 0 Å². The Kier molecular flexibility index (Phi) is 6.48. The average molecular weight is 452 g/mol. The fraction of sp³-hybridized carbons (Fsp3) is 0.136. The van der Waals surface area contributed by atoms with Crippen LogP contribution < -0.4 is 16.4 Å². The fourth-order valence-electron chi connectivity index (χ4n) is 3.09. The van der Waals surface area contributed by atoms with E-state index in [2.05, 4.69) is 30.6 Å². The molecular weight excluding hydrogens is 433 g/mol. The molecule has 1 amide bonds. The lowest BCUT2D eigenvalue weighted by molar-refractivity contribution is -0.116. The quantitative estimate of drug-likeness (QED) is 0.383. The largest absolute Gasteiger partial charge is 0.339 e. The van der Waals surface area contributed by atoms with Gasteiger partial charge >= 0.3 is 0 Å². The molecule has 0 saturated carbocycles. The lowest BCUT2D eigenvalue weighted by atomic mass is 10.1. The first-order valence-corrected chi connectivity index (χ1v) is 10.2. The number of pyridine rings is 2. The zero-order valence-corrected chi connectivity index (χ0v) is 17.6. The van der Waals surface area contributed by atoms with Gasteiger partial charge in [0.15, 0.2) is 5.65 Å². The summed E-state index contributed by atoms with van der Waals surface area (Å²) in [4.78, 5) is 29.0. The molecule has 0 radical (unpaired) electrons. The highest BCUT2D eigenvalue weighted by Gasteiger charge is 2.13. The molecule has 0 aliphatic heterocycles. The maximum absolute atomic E-state index is 14.5. The van der Waals surface area contributed by atoms with Crippen molar-refractivity contribution in [1.82, 2.24) is 19.9 Å². The first-order valence-electron chi connectivity index (χ1n) is 9.83. The number of amides is 1. The van der Waals surface area contributed by atoms with E-state index in [1.165, 1.54) is 24.5 Å². The van der Waals surface area contributed by atoms with E-state index in [-0.39, 0.29) is 11.5 Å². The molecule has 0 unspecified atom stereocenters. The third-order valence-electron chi connectivity index (χ3n) is 4.59. The SMILES string of the molecule is NCCCC(=O)Nc1cc(Nc2cc(-c3cc(Cl)ccc3F)nc3ncccc23)ncn1. The van der Waals surface area contributed by atoms with Gasteiger partial charge in [-0.05, 0) is 49.4 Å². The maximum atomic E-state index is 14.5. The molecule has 3 heterocycles. The number of nitrogens with two attached hydrogens (primary N) is 1. The van der Waals surface area contributed by atoms with E-state index in [1.54, 1.807) is 24.4 Å². The minimum Gasteiger partial charge on any atom is -0.339 e. The first kappa shape index (κ1) is 21.5. The third-order valence-corrected chi connectivity index (χ3v) is 4.83. The number of nitrogens with zero attached hydrogens (tertiary/aromatic N) is 4. The van der Waals surface area contributed by atoms with Gasteiger partial charge in [0, 0.05) is 34.7 Å². The smallest absolute Gasteiger partial charge is 0.225 e. The van der Waals surface area contributed by atoms with Gasteiger partial charge < -0.3 is 16.4 Å². The number of anilines is 3. The summed E-state index contributed by atoms with van der Waals surface area (Å²) in [6.07, 6.45) is 3.83. The van der Waals surface area contributed by atoms with Crippen LogP contribution in [0.1, 0.15) is 12.8 Å². The Bertz CT molecular complexity index is 1280. The van der Waals surface area contributed by atoms with Crippen LogP contribution in [0.4, 0.5) is 21.7 Å². The monoisotopic (exact) mass is 451 g/mol. The van der Waals surface area contributed by atoms with Crippen molar-refractivity contribution < 1.29 is 9.18 Å². The molecule has 0 atom stereocenters. The Labute approximate surface area is 188 Å². The van der Waals surface area contributed by atoms with E-state index in [0.717, 1.165) is 0 Å². The van der Waals surface area contributed by atoms with Crippen molar-refractivity contribution in [3.05, 3.63) is 65.8 Å². The summed E-state index contributed by atoms with van der Waals surface area (Å²) in [6.45, 7) is 0.433. The van der Waals surface area contributed by atoms with Gasteiger partial charge in [0.25, 0.3) is 0 Å². The summed E-state index contributed by atoms with van der Waals surface area (Å²) >= 11 is 6.06. The number of benzene rings is 1. The first-order chi connectivity index (χ1) is 15.5. The summed E-state index contributed by atoms with van der Waals surface area (Å²) in [7, 11) is 0. The van der Waals surface area contributed by atoms with Gasteiger partial charge in [-0.1, -0.05) is 11.6 Å². The number of hydrogen-bond acceptors (Lipinski definition) is 7. The summed E-state index contributed by atoms with van der Waals surface area (Å²) in [5.41, 5.74) is 7.09. The number of hydrogen-bond donors (Lipinski definition) is 3. The van der Waals surface area contributed by atoms with Crippen LogP contribution in [0, 0.1) is 5.82 Å². The molecule has 0 fully saturated rings. The highest BCUT2D eigenvalue weighted by Crippen LogP contribution is 2.31. The van der Waals surface area contributed by atoms with Crippen molar-refractivity contribution in [2.45, 2.75) is 12.8 Å². The van der Waals surface area contributed by atoms with E-state index in [1.807, 2.05) is 6.07 Å². The molecule has 10 heteroatoms. The van der Waals surface area contributed by atoms with Crippen LogP contribution in [0.15, 0.2) is 55.0 Å². The Hall–Kier alpha value is -3.69. The Balaban J connectivity index is 1.69. The van der Waals surface area contributed by atoms with Gasteiger partial charge in [0.1, 0.15) is 23.8 Å². The van der Waals surface area contributed by atoms with E-state index in [4.69, 9.17) is 17.3 Å². The number of carbonyl (C=O) groups is 1. The molecular formula is C22H19ClFN7O.